The Morgan fingerprint density at radius 2 is 1.70 bits per heavy atom. The van der Waals surface area contributed by atoms with Gasteiger partial charge in [0, 0.05) is 36.3 Å². The molecule has 9 heteroatoms. The number of nitrogens with zero attached hydrogens (tertiary/aromatic N) is 3. The lowest BCUT2D eigenvalue weighted by molar-refractivity contribution is 0.0712. The highest BCUT2D eigenvalue weighted by molar-refractivity contribution is 7.13. The number of likely N-dealkylation sites (tertiary alicyclic amines) is 1. The van der Waals surface area contributed by atoms with Crippen molar-refractivity contribution in [1.82, 2.24) is 15.1 Å². The van der Waals surface area contributed by atoms with Gasteiger partial charge < -0.3 is 19.7 Å². The molecule has 3 aromatic rings. The van der Waals surface area contributed by atoms with Crippen LogP contribution >= 0.6 is 11.3 Å². The van der Waals surface area contributed by atoms with E-state index in [1.165, 1.54) is 11.3 Å². The number of methoxy groups -OCH3 is 2. The minimum atomic E-state index is -0.257. The molecule has 1 fully saturated rings. The maximum absolute atomic E-state index is 13.0. The van der Waals surface area contributed by atoms with Crippen LogP contribution in [-0.4, -0.2) is 54.2 Å². The average Bonchev–Trinajstić information content (AvgIpc) is 3.35. The van der Waals surface area contributed by atoms with Gasteiger partial charge >= 0.3 is 0 Å². The summed E-state index contributed by atoms with van der Waals surface area (Å²) in [7, 11) is 3.12. The van der Waals surface area contributed by atoms with E-state index >= 15 is 0 Å². The van der Waals surface area contributed by atoms with Crippen molar-refractivity contribution in [2.45, 2.75) is 25.7 Å². The lowest BCUT2D eigenvalue weighted by Crippen LogP contribution is -2.37. The number of piperidine rings is 1. The highest BCUT2D eigenvalue weighted by Gasteiger charge is 2.28. The molecule has 1 aliphatic heterocycles. The third-order valence-electron chi connectivity index (χ3n) is 5.76. The van der Waals surface area contributed by atoms with E-state index in [2.05, 4.69) is 15.5 Å². The van der Waals surface area contributed by atoms with E-state index in [1.807, 2.05) is 36.1 Å². The molecule has 0 unspecified atom stereocenters. The summed E-state index contributed by atoms with van der Waals surface area (Å²) in [6.07, 6.45) is 1.53. The van der Waals surface area contributed by atoms with Crippen LogP contribution in [0.1, 0.15) is 49.5 Å². The Labute approximate surface area is 196 Å². The van der Waals surface area contributed by atoms with Gasteiger partial charge in [-0.3, -0.25) is 9.59 Å². The normalized spacial score (nSPS) is 14.1. The molecule has 0 atom stereocenters. The summed E-state index contributed by atoms with van der Waals surface area (Å²) in [5, 5.41) is 12.4. The average molecular weight is 467 g/mol. The van der Waals surface area contributed by atoms with E-state index in [1.54, 1.807) is 32.4 Å². The lowest BCUT2D eigenvalue weighted by atomic mass is 9.97. The number of amides is 2. The molecule has 1 N–H and O–H groups in total. The van der Waals surface area contributed by atoms with Crippen LogP contribution in [0.5, 0.6) is 11.5 Å². The van der Waals surface area contributed by atoms with Crippen LogP contribution in [0, 0.1) is 6.92 Å². The highest BCUT2D eigenvalue weighted by atomic mass is 32.1. The van der Waals surface area contributed by atoms with E-state index in [0.29, 0.717) is 35.2 Å². The molecular weight excluding hydrogens is 440 g/mol. The number of aryl methyl sites for hydroxylation is 1. The zero-order valence-corrected chi connectivity index (χ0v) is 19.6. The SMILES string of the molecule is COc1cc(OC)cc(C(=O)N2CCC(c3nnc(C(=O)Nc4ccccc4C)s3)CC2)c1. The molecule has 33 heavy (non-hydrogen) atoms. The third kappa shape index (κ3) is 5.14. The number of carbonyl (C=O) groups is 2. The van der Waals surface area contributed by atoms with Crippen LogP contribution in [0.15, 0.2) is 42.5 Å². The van der Waals surface area contributed by atoms with Gasteiger partial charge in [0.15, 0.2) is 0 Å². The van der Waals surface area contributed by atoms with Crippen molar-refractivity contribution >= 4 is 28.8 Å². The van der Waals surface area contributed by atoms with Gasteiger partial charge in [0.2, 0.25) is 5.01 Å². The molecule has 2 heterocycles. The van der Waals surface area contributed by atoms with E-state index < -0.39 is 0 Å². The Bertz CT molecular complexity index is 1130. The van der Waals surface area contributed by atoms with Crippen molar-refractivity contribution in [1.29, 1.82) is 0 Å². The molecule has 0 spiro atoms. The first-order valence-corrected chi connectivity index (χ1v) is 11.5. The van der Waals surface area contributed by atoms with Crippen LogP contribution in [0.25, 0.3) is 0 Å². The number of carbonyl (C=O) groups excluding carboxylic acids is 2. The van der Waals surface area contributed by atoms with Crippen LogP contribution in [0.3, 0.4) is 0 Å². The zero-order valence-electron chi connectivity index (χ0n) is 18.8. The van der Waals surface area contributed by atoms with Crippen molar-refractivity contribution in [3.8, 4) is 11.5 Å². The lowest BCUT2D eigenvalue weighted by Gasteiger charge is -2.31. The number of anilines is 1. The number of para-hydroxylation sites is 1. The minimum Gasteiger partial charge on any atom is -0.497 e. The summed E-state index contributed by atoms with van der Waals surface area (Å²) in [4.78, 5) is 27.4. The Hall–Kier alpha value is -3.46. The molecule has 2 amide bonds. The topological polar surface area (TPSA) is 93.7 Å². The second-order valence-corrected chi connectivity index (χ2v) is 8.89. The zero-order chi connectivity index (χ0) is 23.4. The Balaban J connectivity index is 1.38. The Morgan fingerprint density at radius 3 is 2.33 bits per heavy atom. The first-order valence-electron chi connectivity index (χ1n) is 10.7. The summed E-state index contributed by atoms with van der Waals surface area (Å²) >= 11 is 1.32. The fourth-order valence-corrected chi connectivity index (χ4v) is 4.73. The number of benzene rings is 2. The fourth-order valence-electron chi connectivity index (χ4n) is 3.82. The molecule has 0 bridgehead atoms. The van der Waals surface area contributed by atoms with Gasteiger partial charge in [-0.1, -0.05) is 29.5 Å². The van der Waals surface area contributed by atoms with Gasteiger partial charge in [-0.05, 0) is 43.5 Å². The highest BCUT2D eigenvalue weighted by Crippen LogP contribution is 2.32. The fraction of sp³-hybridized carbons (Fsp3) is 0.333. The smallest absolute Gasteiger partial charge is 0.286 e. The maximum Gasteiger partial charge on any atom is 0.286 e. The summed E-state index contributed by atoms with van der Waals surface area (Å²) in [5.74, 6) is 1.02. The summed E-state index contributed by atoms with van der Waals surface area (Å²) < 4.78 is 10.6. The first kappa shape index (κ1) is 22.7. The van der Waals surface area contributed by atoms with Crippen LogP contribution in [-0.2, 0) is 0 Å². The molecule has 0 saturated carbocycles. The van der Waals surface area contributed by atoms with Crippen molar-refractivity contribution in [3.63, 3.8) is 0 Å². The second-order valence-electron chi connectivity index (χ2n) is 7.88. The van der Waals surface area contributed by atoms with Crippen LogP contribution < -0.4 is 14.8 Å². The predicted molar refractivity (Wildman–Crippen MR) is 126 cm³/mol. The summed E-state index contributed by atoms with van der Waals surface area (Å²) in [6, 6.07) is 12.8. The third-order valence-corrected chi connectivity index (χ3v) is 6.84. The van der Waals surface area contributed by atoms with Gasteiger partial charge in [0.1, 0.15) is 16.5 Å². The molecular formula is C24H26N4O4S. The molecule has 0 radical (unpaired) electrons. The minimum absolute atomic E-state index is 0.0544. The molecule has 1 saturated heterocycles. The molecule has 1 aliphatic rings. The second kappa shape index (κ2) is 9.99. The van der Waals surface area contributed by atoms with Crippen LogP contribution in [0.2, 0.25) is 0 Å². The van der Waals surface area contributed by atoms with E-state index in [-0.39, 0.29) is 17.7 Å². The number of aromatic nitrogens is 2. The molecule has 4 rings (SSSR count). The Morgan fingerprint density at radius 1 is 1.03 bits per heavy atom. The Kier molecular flexibility index (Phi) is 6.88. The number of ether oxygens (including phenoxy) is 2. The molecule has 1 aromatic heterocycles. The van der Waals surface area contributed by atoms with Gasteiger partial charge in [0.05, 0.1) is 14.2 Å². The van der Waals surface area contributed by atoms with Crippen molar-refractivity contribution in [3.05, 3.63) is 63.6 Å². The van der Waals surface area contributed by atoms with Gasteiger partial charge in [-0.2, -0.15) is 0 Å². The number of hydrogen-bond acceptors (Lipinski definition) is 7. The molecule has 0 aliphatic carbocycles. The monoisotopic (exact) mass is 466 g/mol. The van der Waals surface area contributed by atoms with Gasteiger partial charge in [-0.25, -0.2) is 0 Å². The number of rotatable bonds is 6. The van der Waals surface area contributed by atoms with Crippen molar-refractivity contribution in [2.24, 2.45) is 0 Å². The molecule has 2 aromatic carbocycles. The van der Waals surface area contributed by atoms with Crippen molar-refractivity contribution < 1.29 is 19.1 Å². The van der Waals surface area contributed by atoms with Crippen LogP contribution in [0.4, 0.5) is 5.69 Å². The van der Waals surface area contributed by atoms with Gasteiger partial charge in [-0.15, -0.1) is 10.2 Å². The maximum atomic E-state index is 13.0. The van der Waals surface area contributed by atoms with Crippen molar-refractivity contribution in [2.75, 3.05) is 32.6 Å². The number of hydrogen-bond donors (Lipinski definition) is 1. The quantitative estimate of drug-likeness (QED) is 0.587. The standard InChI is InChI=1S/C24H26N4O4S/c1-15-6-4-5-7-20(15)25-21(29)23-27-26-22(33-23)16-8-10-28(11-9-16)24(30)17-12-18(31-2)14-19(13-17)32-3/h4-7,12-14,16H,8-11H2,1-3H3,(H,25,29). The van der Waals surface area contributed by atoms with E-state index in [0.717, 1.165) is 29.1 Å². The number of nitrogens with one attached hydrogen (secondary N) is 1. The first-order chi connectivity index (χ1) is 16.0. The predicted octanol–water partition coefficient (Wildman–Crippen LogP) is 4.14. The summed E-state index contributed by atoms with van der Waals surface area (Å²) in [5.41, 5.74) is 2.29. The summed E-state index contributed by atoms with van der Waals surface area (Å²) in [6.45, 7) is 3.15. The molecule has 172 valence electrons. The van der Waals surface area contributed by atoms with Gasteiger partial charge in [0.25, 0.3) is 11.8 Å². The van der Waals surface area contributed by atoms with E-state index in [4.69, 9.17) is 9.47 Å². The van der Waals surface area contributed by atoms with E-state index in [9.17, 15) is 9.59 Å². The largest absolute Gasteiger partial charge is 0.497 e. The molecule has 8 nitrogen and oxygen atoms in total.